The Morgan fingerprint density at radius 2 is 0.893 bits per heavy atom. The van der Waals surface area contributed by atoms with Crippen molar-refractivity contribution in [2.24, 2.45) is 50.2 Å². The summed E-state index contributed by atoms with van der Waals surface area (Å²) in [5.41, 5.74) is -8.84. The molecule has 5 aliphatic carbocycles. The maximum absolute atomic E-state index is 16.9. The standard InChI is InChI=1S/C101H160O49/c1-16-96(11,149-89-74(125)66(117)58(109)41(4)134-89)26-18-20-40(3)82(128)143-78-59(110)42(5)135-90(75(78)126)150-97(12,17-2)27-19-21-44(33-102)83(129)141-57-32-101(93(130)148-92-81(69(120)63(114)50(35-104)139-92)147-88-76(127)79(145-87-73(124)67(118)62(113)49(34-103)137-87)77(43(6)136-88)144-86-71(122)64(115)51(36-105)138-86)46(30-94(57,7)8)45-22-23-54-98(13)28-25-56(95(9,10)53(98)24-29-99(54,14)100(45,15)31-55(101)108)142-85-72(123)68(119)65(116)52(140-85)39-133-91-80(61(112)48(107)38-132-91)146-84-70(121)60(111)47(106)37-131-84/h16-17,20-22,41-43,46-81,84-92,102-127H,1-2,18-19,23-39H2,3-15H3/b40-20+,44-21+/t41-,42-,43+,46+,47-,48+,49-,50-,51+,52-,53+,54-,55-,56+,57+,58-,59-,60+,61+,62-,63-,64+,65-,66+,67+,68+,69+,70-,71-,72-,73-,74-,75-,76-,77+,78+,79+,80-,81-,84+,85+,86+,87+,88+,89+,90+,91+,92+,96+,97-,98+,99-,100-,101-/m1/s1. The van der Waals surface area contributed by atoms with Gasteiger partial charge < -0.3 is 228 Å². The number of rotatable bonds is 35. The number of ether oxygens (including phenoxy) is 20. The van der Waals surface area contributed by atoms with E-state index in [-0.39, 0.29) is 61.5 Å². The molecule has 49 nitrogen and oxygen atoms in total. The van der Waals surface area contributed by atoms with Crippen LogP contribution >= 0.6 is 0 Å². The highest BCUT2D eigenvalue weighted by molar-refractivity contribution is 5.89. The summed E-state index contributed by atoms with van der Waals surface area (Å²) in [4.78, 5) is 45.9. The summed E-state index contributed by atoms with van der Waals surface area (Å²) in [5.74, 6) is -4.78. The minimum atomic E-state index is -2.30. The molecular formula is C101H160O49. The number of allylic oxidation sites excluding steroid dienone is 4. The zero-order valence-electron chi connectivity index (χ0n) is 86.5. The van der Waals surface area contributed by atoms with Crippen molar-refractivity contribution >= 4 is 17.9 Å². The minimum Gasteiger partial charge on any atom is -0.458 e. The number of fused-ring (bicyclic) bond motifs is 7. The summed E-state index contributed by atoms with van der Waals surface area (Å²) >= 11 is 0. The van der Waals surface area contributed by atoms with E-state index in [4.69, 9.17) is 94.7 Å². The molecule has 0 aromatic heterocycles. The predicted molar refractivity (Wildman–Crippen MR) is 503 cm³/mol. The highest BCUT2D eigenvalue weighted by Crippen LogP contribution is 2.77. The highest BCUT2D eigenvalue weighted by atomic mass is 16.8. The third-order valence-corrected chi connectivity index (χ3v) is 35.3. The average Bonchev–Trinajstić information content (AvgIpc) is 0.691. The van der Waals surface area contributed by atoms with Gasteiger partial charge in [0.25, 0.3) is 0 Å². The molecule has 4 saturated carbocycles. The molecule has 0 aromatic rings. The number of hydrogen-bond donors (Lipinski definition) is 26. The van der Waals surface area contributed by atoms with Gasteiger partial charge in [-0.1, -0.05) is 84.4 Å². The first-order valence-corrected chi connectivity index (χ1v) is 51.8. The van der Waals surface area contributed by atoms with Gasteiger partial charge in [-0.05, 0) is 152 Å². The van der Waals surface area contributed by atoms with Gasteiger partial charge in [0.2, 0.25) is 6.29 Å². The van der Waals surface area contributed by atoms with Crippen LogP contribution in [0.15, 0.2) is 60.3 Å². The molecule has 49 heteroatoms. The van der Waals surface area contributed by atoms with E-state index < -0.39 is 397 Å². The second-order valence-electron chi connectivity index (χ2n) is 45.7. The molecule has 0 aromatic carbocycles. The molecule has 13 fully saturated rings. The molecule has 0 bridgehead atoms. The molecule has 858 valence electrons. The van der Waals surface area contributed by atoms with Crippen LogP contribution in [0.4, 0.5) is 0 Å². The quantitative estimate of drug-likeness (QED) is 0.00922. The summed E-state index contributed by atoms with van der Waals surface area (Å²) in [6, 6.07) is 0. The van der Waals surface area contributed by atoms with Crippen LogP contribution in [0.5, 0.6) is 0 Å². The number of carbonyl (C=O) groups is 3. The molecule has 9 saturated heterocycles. The summed E-state index contributed by atoms with van der Waals surface area (Å²) in [6.45, 7) is 25.4. The van der Waals surface area contributed by atoms with E-state index >= 15 is 9.59 Å². The predicted octanol–water partition coefficient (Wildman–Crippen LogP) is -6.57. The minimum absolute atomic E-state index is 0.0520. The van der Waals surface area contributed by atoms with Crippen molar-refractivity contribution in [3.05, 3.63) is 60.3 Å². The Balaban J connectivity index is 0.723. The molecule has 9 aliphatic heterocycles. The molecule has 0 spiro atoms. The molecule has 14 aliphatic rings. The zero-order chi connectivity index (χ0) is 110. The number of esters is 3. The van der Waals surface area contributed by atoms with Crippen molar-refractivity contribution in [3.8, 4) is 0 Å². The lowest BCUT2D eigenvalue weighted by molar-refractivity contribution is -0.390. The van der Waals surface area contributed by atoms with Crippen molar-refractivity contribution in [1.29, 1.82) is 0 Å². The van der Waals surface area contributed by atoms with Crippen molar-refractivity contribution in [1.82, 2.24) is 0 Å². The van der Waals surface area contributed by atoms with Gasteiger partial charge in [0.1, 0.15) is 182 Å². The van der Waals surface area contributed by atoms with E-state index in [1.807, 2.05) is 20.8 Å². The molecule has 150 heavy (non-hydrogen) atoms. The summed E-state index contributed by atoms with van der Waals surface area (Å²) < 4.78 is 121. The van der Waals surface area contributed by atoms with Crippen LogP contribution in [0.2, 0.25) is 0 Å². The third kappa shape index (κ3) is 23.3. The molecule has 26 N–H and O–H groups in total. The fourth-order valence-electron chi connectivity index (χ4n) is 25.4. The van der Waals surface area contributed by atoms with Gasteiger partial charge in [-0.3, -0.25) is 4.79 Å². The van der Waals surface area contributed by atoms with E-state index in [0.717, 1.165) is 0 Å². The number of carbonyl (C=O) groups excluding carboxylic acids is 3. The molecule has 0 amide bonds. The van der Waals surface area contributed by atoms with Crippen molar-refractivity contribution in [2.75, 3.05) is 46.2 Å². The van der Waals surface area contributed by atoms with Crippen LogP contribution in [0.25, 0.3) is 0 Å². The van der Waals surface area contributed by atoms with Crippen LogP contribution in [0.3, 0.4) is 0 Å². The molecule has 54 atom stereocenters. The smallest absolute Gasteiger partial charge is 0.336 e. The maximum Gasteiger partial charge on any atom is 0.336 e. The largest absolute Gasteiger partial charge is 0.458 e. The summed E-state index contributed by atoms with van der Waals surface area (Å²) in [5, 5.41) is 290. The van der Waals surface area contributed by atoms with E-state index in [1.165, 1.54) is 52.0 Å². The van der Waals surface area contributed by atoms with Crippen molar-refractivity contribution in [3.63, 3.8) is 0 Å². The van der Waals surface area contributed by atoms with Gasteiger partial charge in [-0.2, -0.15) is 0 Å². The average molecular weight is 2160 g/mol. The molecule has 0 unspecified atom stereocenters. The maximum atomic E-state index is 16.9. The zero-order valence-corrected chi connectivity index (χ0v) is 86.5. The Hall–Kier alpha value is -4.61. The van der Waals surface area contributed by atoms with Crippen molar-refractivity contribution in [2.45, 2.75) is 455 Å². The van der Waals surface area contributed by atoms with Crippen LogP contribution in [0, 0.1) is 50.2 Å². The monoisotopic (exact) mass is 2160 g/mol. The van der Waals surface area contributed by atoms with Gasteiger partial charge in [0.15, 0.2) is 62.5 Å². The Kier molecular flexibility index (Phi) is 38.4. The van der Waals surface area contributed by atoms with Gasteiger partial charge in [0, 0.05) is 17.4 Å². The van der Waals surface area contributed by atoms with Crippen LogP contribution in [-0.2, 0) is 109 Å². The lowest BCUT2D eigenvalue weighted by atomic mass is 9.33. The van der Waals surface area contributed by atoms with E-state index in [1.54, 1.807) is 27.7 Å². The molecule has 14 rings (SSSR count). The van der Waals surface area contributed by atoms with Gasteiger partial charge >= 0.3 is 17.9 Å². The van der Waals surface area contributed by atoms with Crippen LogP contribution in [0.1, 0.15) is 167 Å². The topological polar surface area (TPSA) is 762 Å². The molecular weight excluding hydrogens is 2000 g/mol. The lowest BCUT2D eigenvalue weighted by Gasteiger charge is -2.72. The molecule has 9 heterocycles. The fraction of sp³-hybridized carbons (Fsp3) is 0.871. The first kappa shape index (κ1) is 121. The summed E-state index contributed by atoms with van der Waals surface area (Å²) in [6.07, 6.45) is -67.9. The van der Waals surface area contributed by atoms with Crippen LogP contribution in [-0.4, -0.2) is 484 Å². The SMILES string of the molecule is C=C[C@@](C)(CC/C=C(\C)C(=O)O[C@@H]1[C@@H](O)[C@H](O[C@](C)(C=C)CC/C=C(\CO)C(=O)O[C@H]2C[C@]3(C(=O)O[C@@H]4O[C@H](CO)[C@@H](O)[C@H](O)[C@H]4O[C@@H]4O[C@@H](C)[C@H](O[C@@H]5O[C@@H](CO)[C@H](O)[C@H]5O)[C@@H](O[C@@H]5O[C@H](CO)[C@@H](O)[C@H](O)[C@H]5O)[C@H]4O)[C@H](O)C[C@]4(C)C(=CC[C@@H]5[C@@]6(C)CC[C@H](O[C@@H]7O[C@H](CO[C@@H]8OC[C@H](O)[C@H](O)[C@H]8O[C@@H]8OC[C@@H](O)[C@H](O)[C@H]8O)[C@@H](O)[C@H](O)[C@H]7O)C(C)(C)[C@@H]6CC[C@]54C)[C@@H]3CC2(C)C)O[C@H](C)[C@H]1O)O[C@@H]1O[C@H](C)[C@@H](O)[C@H](O)[C@H]1O. The highest BCUT2D eigenvalue weighted by Gasteiger charge is 2.75. The molecule has 0 radical (unpaired) electrons. The number of aliphatic hydroxyl groups excluding tert-OH is 26. The van der Waals surface area contributed by atoms with Crippen molar-refractivity contribution < 1.29 is 242 Å². The Morgan fingerprint density at radius 1 is 0.427 bits per heavy atom. The number of aliphatic hydroxyl groups is 26. The van der Waals surface area contributed by atoms with E-state index in [0.29, 0.717) is 37.7 Å². The Labute approximate surface area is 867 Å². The third-order valence-electron chi connectivity index (χ3n) is 35.3. The summed E-state index contributed by atoms with van der Waals surface area (Å²) in [7, 11) is 0. The van der Waals surface area contributed by atoms with Crippen LogP contribution < -0.4 is 0 Å². The van der Waals surface area contributed by atoms with E-state index in [2.05, 4.69) is 33.1 Å². The van der Waals surface area contributed by atoms with Gasteiger partial charge in [0.05, 0.1) is 93.5 Å². The Bertz CT molecular complexity index is 4630. The van der Waals surface area contributed by atoms with Gasteiger partial charge in [-0.25, -0.2) is 9.59 Å². The first-order chi connectivity index (χ1) is 70.3. The lowest BCUT2D eigenvalue weighted by Crippen LogP contribution is -2.70. The fourth-order valence-corrected chi connectivity index (χ4v) is 25.4. The first-order valence-electron chi connectivity index (χ1n) is 51.8. The normalized spacial score (nSPS) is 49.2. The number of hydrogen-bond acceptors (Lipinski definition) is 49. The second kappa shape index (κ2) is 47.7. The Morgan fingerprint density at radius 3 is 1.49 bits per heavy atom. The van der Waals surface area contributed by atoms with E-state index in [9.17, 15) is 138 Å². The van der Waals surface area contributed by atoms with Gasteiger partial charge in [-0.15, -0.1) is 13.2 Å². The second-order valence-corrected chi connectivity index (χ2v) is 45.7.